The number of rotatable bonds is 4. The Labute approximate surface area is 128 Å². The number of benzene rings is 1. The van der Waals surface area contributed by atoms with E-state index < -0.39 is 9.84 Å². The van der Waals surface area contributed by atoms with Crippen molar-refractivity contribution in [2.75, 3.05) is 0 Å². The number of nitrogens with one attached hydrogen (secondary N) is 1. The molecule has 1 aromatic carbocycles. The first-order valence-corrected chi connectivity index (χ1v) is 8.84. The molecule has 0 fully saturated rings. The number of H-pyrrole nitrogens is 1. The Balaban J connectivity index is 2.55. The fraction of sp³-hybridized carbons (Fsp3) is 0.333. The third kappa shape index (κ3) is 2.69. The topological polar surface area (TPSA) is 49.9 Å². The van der Waals surface area contributed by atoms with Gasteiger partial charge in [0, 0.05) is 0 Å². The molecule has 1 N–H and O–H groups in total. The van der Waals surface area contributed by atoms with Crippen LogP contribution in [0.1, 0.15) is 30.0 Å². The quantitative estimate of drug-likeness (QED) is 0.894. The van der Waals surface area contributed by atoms with Crippen molar-refractivity contribution in [1.82, 2.24) is 4.98 Å². The Hall–Kier alpha value is -1.07. The first-order valence-electron chi connectivity index (χ1n) is 6.56. The molecule has 1 heterocycles. The first kappa shape index (κ1) is 15.3. The minimum absolute atomic E-state index is 0.289. The van der Waals surface area contributed by atoms with Gasteiger partial charge in [-0.15, -0.1) is 0 Å². The highest BCUT2D eigenvalue weighted by Crippen LogP contribution is 2.31. The summed E-state index contributed by atoms with van der Waals surface area (Å²) in [5.74, 6) is 0. The number of aromatic amines is 1. The Morgan fingerprint density at radius 3 is 2.30 bits per heavy atom. The number of hydrogen-bond acceptors (Lipinski definition) is 2. The minimum atomic E-state index is -3.49. The largest absolute Gasteiger partial charge is 0.340 e. The maximum atomic E-state index is 12.7. The molecule has 0 unspecified atom stereocenters. The van der Waals surface area contributed by atoms with Gasteiger partial charge in [-0.3, -0.25) is 0 Å². The van der Waals surface area contributed by atoms with Gasteiger partial charge in [-0.2, -0.15) is 0 Å². The summed E-state index contributed by atoms with van der Waals surface area (Å²) in [6, 6.07) is 6.93. The van der Waals surface area contributed by atoms with Gasteiger partial charge in [0.2, 0.25) is 9.84 Å². The molecular formula is C15H18BrNO2S. The third-order valence-electron chi connectivity index (χ3n) is 3.38. The molecule has 0 amide bonds. The highest BCUT2D eigenvalue weighted by molar-refractivity contribution is 9.10. The summed E-state index contributed by atoms with van der Waals surface area (Å²) in [4.78, 5) is 3.30. The molecule has 1 aromatic heterocycles. The van der Waals surface area contributed by atoms with E-state index >= 15 is 0 Å². The summed E-state index contributed by atoms with van der Waals surface area (Å²) in [5.41, 5.74) is 2.89. The molecule has 20 heavy (non-hydrogen) atoms. The zero-order valence-corrected chi connectivity index (χ0v) is 14.2. The Kier molecular flexibility index (Phi) is 4.39. The van der Waals surface area contributed by atoms with E-state index in [4.69, 9.17) is 0 Å². The SMILES string of the molecule is CCCc1c(Br)[nH]c(S(=O)(=O)c2ccc(C)cc2)c1C. The fourth-order valence-electron chi connectivity index (χ4n) is 2.22. The molecule has 0 radical (unpaired) electrons. The van der Waals surface area contributed by atoms with Crippen LogP contribution in [0.5, 0.6) is 0 Å². The monoisotopic (exact) mass is 355 g/mol. The predicted molar refractivity (Wildman–Crippen MR) is 83.9 cm³/mol. The molecule has 0 aliphatic carbocycles. The van der Waals surface area contributed by atoms with Gasteiger partial charge in [0.05, 0.1) is 9.50 Å². The molecular weight excluding hydrogens is 338 g/mol. The lowest BCUT2D eigenvalue weighted by molar-refractivity contribution is 0.592. The van der Waals surface area contributed by atoms with E-state index in [1.807, 2.05) is 26.0 Å². The molecule has 2 aromatic rings. The van der Waals surface area contributed by atoms with Gasteiger partial charge in [-0.05, 0) is 59.5 Å². The second kappa shape index (κ2) is 5.74. The van der Waals surface area contributed by atoms with Gasteiger partial charge in [-0.25, -0.2) is 8.42 Å². The normalized spacial score (nSPS) is 11.8. The Morgan fingerprint density at radius 1 is 1.15 bits per heavy atom. The number of aromatic nitrogens is 1. The van der Waals surface area contributed by atoms with Crippen LogP contribution in [0.15, 0.2) is 38.8 Å². The van der Waals surface area contributed by atoms with Crippen molar-refractivity contribution in [1.29, 1.82) is 0 Å². The molecule has 0 aliphatic heterocycles. The highest BCUT2D eigenvalue weighted by atomic mass is 79.9. The van der Waals surface area contributed by atoms with Gasteiger partial charge in [-0.1, -0.05) is 31.0 Å². The van der Waals surface area contributed by atoms with Crippen LogP contribution in [0.4, 0.5) is 0 Å². The van der Waals surface area contributed by atoms with Crippen molar-refractivity contribution in [3.63, 3.8) is 0 Å². The van der Waals surface area contributed by atoms with Crippen LogP contribution < -0.4 is 0 Å². The van der Waals surface area contributed by atoms with E-state index in [9.17, 15) is 8.42 Å². The lowest BCUT2D eigenvalue weighted by Crippen LogP contribution is -2.04. The number of aryl methyl sites for hydroxylation is 1. The van der Waals surface area contributed by atoms with E-state index in [1.54, 1.807) is 12.1 Å². The van der Waals surface area contributed by atoms with E-state index in [2.05, 4.69) is 27.8 Å². The average Bonchev–Trinajstić information content (AvgIpc) is 2.68. The molecule has 0 spiro atoms. The van der Waals surface area contributed by atoms with Crippen LogP contribution in [0.2, 0.25) is 0 Å². The molecule has 0 aliphatic rings. The summed E-state index contributed by atoms with van der Waals surface area (Å²) in [7, 11) is -3.49. The zero-order chi connectivity index (χ0) is 14.9. The number of sulfone groups is 1. The highest BCUT2D eigenvalue weighted by Gasteiger charge is 2.24. The third-order valence-corrected chi connectivity index (χ3v) is 5.90. The standard InChI is InChI=1S/C15H18BrNO2S/c1-4-5-13-11(3)15(17-14(13)16)20(18,19)12-8-6-10(2)7-9-12/h6-9,17H,4-5H2,1-3H3. The van der Waals surface area contributed by atoms with Crippen LogP contribution in [0, 0.1) is 13.8 Å². The smallest absolute Gasteiger partial charge is 0.222 e. The van der Waals surface area contributed by atoms with Crippen molar-refractivity contribution in [3.8, 4) is 0 Å². The molecule has 0 bridgehead atoms. The van der Waals surface area contributed by atoms with Crippen LogP contribution in [0.25, 0.3) is 0 Å². The fourth-order valence-corrected chi connectivity index (χ4v) is 4.54. The van der Waals surface area contributed by atoms with Gasteiger partial charge in [0.25, 0.3) is 0 Å². The summed E-state index contributed by atoms with van der Waals surface area (Å²) >= 11 is 3.43. The molecule has 108 valence electrons. The van der Waals surface area contributed by atoms with Crippen molar-refractivity contribution in [3.05, 3.63) is 45.6 Å². The first-order chi connectivity index (χ1) is 9.37. The van der Waals surface area contributed by atoms with Crippen LogP contribution in [-0.2, 0) is 16.3 Å². The predicted octanol–water partition coefficient (Wildman–Crippen LogP) is 4.18. The lowest BCUT2D eigenvalue weighted by atomic mass is 10.1. The van der Waals surface area contributed by atoms with Crippen molar-refractivity contribution >= 4 is 25.8 Å². The van der Waals surface area contributed by atoms with Crippen LogP contribution >= 0.6 is 15.9 Å². The van der Waals surface area contributed by atoms with E-state index in [0.717, 1.165) is 34.1 Å². The molecule has 0 saturated carbocycles. The molecule has 5 heteroatoms. The summed E-state index contributed by atoms with van der Waals surface area (Å²) in [6.07, 6.45) is 1.83. The van der Waals surface area contributed by atoms with Gasteiger partial charge in [0.1, 0.15) is 5.03 Å². The van der Waals surface area contributed by atoms with E-state index in [-0.39, 0.29) is 5.03 Å². The van der Waals surface area contributed by atoms with Gasteiger partial charge in [0.15, 0.2) is 0 Å². The summed E-state index contributed by atoms with van der Waals surface area (Å²) in [5, 5.41) is 0.289. The van der Waals surface area contributed by atoms with Crippen molar-refractivity contribution in [2.24, 2.45) is 0 Å². The molecule has 0 atom stereocenters. The number of halogens is 1. The number of hydrogen-bond donors (Lipinski definition) is 1. The minimum Gasteiger partial charge on any atom is -0.340 e. The van der Waals surface area contributed by atoms with E-state index in [1.165, 1.54) is 0 Å². The lowest BCUT2D eigenvalue weighted by Gasteiger charge is -2.05. The zero-order valence-electron chi connectivity index (χ0n) is 11.8. The second-order valence-electron chi connectivity index (χ2n) is 4.94. The summed E-state index contributed by atoms with van der Waals surface area (Å²) < 4.78 is 26.1. The van der Waals surface area contributed by atoms with Crippen molar-refractivity contribution in [2.45, 2.75) is 43.5 Å². The van der Waals surface area contributed by atoms with Gasteiger partial charge < -0.3 is 4.98 Å². The van der Waals surface area contributed by atoms with Crippen LogP contribution in [-0.4, -0.2) is 13.4 Å². The maximum absolute atomic E-state index is 12.7. The summed E-state index contributed by atoms with van der Waals surface area (Å²) in [6.45, 7) is 5.87. The average molecular weight is 356 g/mol. The van der Waals surface area contributed by atoms with Crippen LogP contribution in [0.3, 0.4) is 0 Å². The Morgan fingerprint density at radius 2 is 1.75 bits per heavy atom. The van der Waals surface area contributed by atoms with E-state index in [0.29, 0.717) is 4.90 Å². The molecule has 2 rings (SSSR count). The van der Waals surface area contributed by atoms with Crippen molar-refractivity contribution < 1.29 is 8.42 Å². The molecule has 3 nitrogen and oxygen atoms in total. The molecule has 0 saturated heterocycles. The second-order valence-corrected chi connectivity index (χ2v) is 7.62. The van der Waals surface area contributed by atoms with Gasteiger partial charge >= 0.3 is 0 Å². The Bertz CT molecular complexity index is 715. The maximum Gasteiger partial charge on any atom is 0.222 e.